The molecule has 3 aromatic rings. The summed E-state index contributed by atoms with van der Waals surface area (Å²) in [7, 11) is 0. The quantitative estimate of drug-likeness (QED) is 0.194. The number of nitrogens with zero attached hydrogens (tertiary/aromatic N) is 1. The van der Waals surface area contributed by atoms with E-state index in [9.17, 15) is 24.3 Å². The minimum Gasteiger partial charge on any atom is -0.490 e. The number of carboxylic acids is 1. The van der Waals surface area contributed by atoms with Gasteiger partial charge in [-0.2, -0.15) is 0 Å². The normalized spacial score (nSPS) is 14.4. The zero-order chi connectivity index (χ0) is 27.4. The number of barbiturate groups is 1. The lowest BCUT2D eigenvalue weighted by molar-refractivity contribution is -0.122. The summed E-state index contributed by atoms with van der Waals surface area (Å²) in [6.45, 7) is 2.21. The summed E-state index contributed by atoms with van der Waals surface area (Å²) in [6, 6.07) is 14.9. The minimum absolute atomic E-state index is 0.0939. The summed E-state index contributed by atoms with van der Waals surface area (Å²) < 4.78 is 12.4. The van der Waals surface area contributed by atoms with Crippen molar-refractivity contribution in [3.8, 4) is 11.5 Å². The fraction of sp³-hybridized carbons (Fsp3) is 0.111. The summed E-state index contributed by atoms with van der Waals surface area (Å²) in [6.07, 6.45) is 1.37. The van der Waals surface area contributed by atoms with Gasteiger partial charge in [-0.05, 0) is 95.2 Å². The molecule has 9 nitrogen and oxygen atoms in total. The maximum atomic E-state index is 13.2. The standard InChI is InChI=1S/C27H20ClIN2O7/c1-2-37-22-13-16(12-21(29)23(22)38-14-15-4-3-5-17(10-15)26(34)35)11-20-24(32)30-27(36)31(25(20)33)19-8-6-18(28)7-9-19/h3-13H,2,14H2,1H3,(H,34,35)(H,30,32,36)/b20-11+. The molecule has 0 aromatic heterocycles. The van der Waals surface area contributed by atoms with E-state index < -0.39 is 23.8 Å². The highest BCUT2D eigenvalue weighted by molar-refractivity contribution is 14.1. The van der Waals surface area contributed by atoms with Crippen LogP contribution in [0.1, 0.15) is 28.4 Å². The van der Waals surface area contributed by atoms with Gasteiger partial charge in [0.25, 0.3) is 11.8 Å². The number of carbonyl (C=O) groups is 4. The molecule has 4 amide bonds. The highest BCUT2D eigenvalue weighted by atomic mass is 127. The molecular formula is C27H20ClIN2O7. The van der Waals surface area contributed by atoms with Crippen molar-refractivity contribution < 1.29 is 33.8 Å². The second kappa shape index (κ2) is 11.7. The first-order valence-corrected chi connectivity index (χ1v) is 12.7. The molecule has 3 aromatic carbocycles. The molecule has 0 aliphatic carbocycles. The van der Waals surface area contributed by atoms with E-state index in [2.05, 4.69) is 5.32 Å². The summed E-state index contributed by atoms with van der Waals surface area (Å²) in [5.41, 5.74) is 1.30. The summed E-state index contributed by atoms with van der Waals surface area (Å²) in [5.74, 6) is -1.85. The van der Waals surface area contributed by atoms with Crippen LogP contribution in [0.25, 0.3) is 6.08 Å². The van der Waals surface area contributed by atoms with Crippen molar-refractivity contribution in [1.29, 1.82) is 0 Å². The molecule has 1 aliphatic rings. The maximum absolute atomic E-state index is 13.2. The fourth-order valence-electron chi connectivity index (χ4n) is 3.67. The van der Waals surface area contributed by atoms with Gasteiger partial charge in [0.15, 0.2) is 11.5 Å². The Morgan fingerprint density at radius 2 is 1.82 bits per heavy atom. The minimum atomic E-state index is -1.04. The van der Waals surface area contributed by atoms with Crippen LogP contribution in [0.2, 0.25) is 5.02 Å². The highest BCUT2D eigenvalue weighted by Crippen LogP contribution is 2.36. The Morgan fingerprint density at radius 3 is 2.50 bits per heavy atom. The van der Waals surface area contributed by atoms with Crippen molar-refractivity contribution >= 4 is 69.8 Å². The third kappa shape index (κ3) is 5.97. The van der Waals surface area contributed by atoms with Crippen molar-refractivity contribution in [2.45, 2.75) is 13.5 Å². The topological polar surface area (TPSA) is 122 Å². The highest BCUT2D eigenvalue weighted by Gasteiger charge is 2.36. The molecule has 11 heteroatoms. The average Bonchev–Trinajstić information content (AvgIpc) is 2.87. The number of amides is 4. The van der Waals surface area contributed by atoms with Crippen LogP contribution in [0.3, 0.4) is 0 Å². The van der Waals surface area contributed by atoms with Crippen molar-refractivity contribution in [3.63, 3.8) is 0 Å². The van der Waals surface area contributed by atoms with Gasteiger partial charge in [0, 0.05) is 5.02 Å². The number of hydrogen-bond donors (Lipinski definition) is 2. The Kier molecular flexibility index (Phi) is 8.32. The Hall–Kier alpha value is -3.90. The number of ether oxygens (including phenoxy) is 2. The lowest BCUT2D eigenvalue weighted by Gasteiger charge is -2.26. The van der Waals surface area contributed by atoms with Crippen molar-refractivity contribution in [2.75, 3.05) is 11.5 Å². The van der Waals surface area contributed by atoms with E-state index in [1.807, 2.05) is 22.6 Å². The average molecular weight is 647 g/mol. The number of carbonyl (C=O) groups excluding carboxylic acids is 3. The molecule has 4 rings (SSSR count). The van der Waals surface area contributed by atoms with Gasteiger partial charge in [-0.25, -0.2) is 14.5 Å². The Labute approximate surface area is 236 Å². The lowest BCUT2D eigenvalue weighted by atomic mass is 10.1. The second-order valence-electron chi connectivity index (χ2n) is 7.99. The second-order valence-corrected chi connectivity index (χ2v) is 9.59. The predicted octanol–water partition coefficient (Wildman–Crippen LogP) is 5.29. The number of rotatable bonds is 8. The smallest absolute Gasteiger partial charge is 0.335 e. The van der Waals surface area contributed by atoms with Crippen LogP contribution in [-0.4, -0.2) is 35.5 Å². The third-order valence-electron chi connectivity index (χ3n) is 5.39. The van der Waals surface area contributed by atoms with Crippen molar-refractivity contribution in [3.05, 3.63) is 91.5 Å². The number of nitrogens with one attached hydrogen (secondary N) is 1. The van der Waals surface area contributed by atoms with E-state index in [4.69, 9.17) is 21.1 Å². The van der Waals surface area contributed by atoms with Crippen LogP contribution >= 0.6 is 34.2 Å². The van der Waals surface area contributed by atoms with Gasteiger partial charge in [0.05, 0.1) is 21.4 Å². The van der Waals surface area contributed by atoms with E-state index >= 15 is 0 Å². The molecule has 0 bridgehead atoms. The number of benzene rings is 3. The molecule has 1 aliphatic heterocycles. The van der Waals surface area contributed by atoms with E-state index in [-0.39, 0.29) is 23.4 Å². The first-order valence-electron chi connectivity index (χ1n) is 11.3. The van der Waals surface area contributed by atoms with Gasteiger partial charge in [-0.15, -0.1) is 0 Å². The van der Waals surface area contributed by atoms with Gasteiger partial charge in [0.1, 0.15) is 12.2 Å². The van der Waals surface area contributed by atoms with Crippen LogP contribution in [0.4, 0.5) is 10.5 Å². The molecule has 1 fully saturated rings. The Bertz CT molecular complexity index is 1470. The molecule has 1 heterocycles. The first-order chi connectivity index (χ1) is 18.2. The zero-order valence-corrected chi connectivity index (χ0v) is 22.8. The molecule has 1 saturated heterocycles. The van der Waals surface area contributed by atoms with Crippen LogP contribution in [0.5, 0.6) is 11.5 Å². The number of hydrogen-bond acceptors (Lipinski definition) is 6. The molecule has 2 N–H and O–H groups in total. The molecular weight excluding hydrogens is 627 g/mol. The van der Waals surface area contributed by atoms with Gasteiger partial charge < -0.3 is 14.6 Å². The number of carboxylic acid groups (broad SMARTS) is 1. The van der Waals surface area contributed by atoms with Crippen LogP contribution in [-0.2, 0) is 16.2 Å². The van der Waals surface area contributed by atoms with Crippen molar-refractivity contribution in [2.24, 2.45) is 0 Å². The molecule has 0 atom stereocenters. The zero-order valence-electron chi connectivity index (χ0n) is 19.9. The Balaban J connectivity index is 1.64. The van der Waals surface area contributed by atoms with Crippen LogP contribution in [0, 0.1) is 3.57 Å². The molecule has 194 valence electrons. The van der Waals surface area contributed by atoms with Gasteiger partial charge in [-0.3, -0.25) is 14.9 Å². The van der Waals surface area contributed by atoms with E-state index in [1.54, 1.807) is 31.2 Å². The first kappa shape index (κ1) is 27.1. The van der Waals surface area contributed by atoms with Gasteiger partial charge in [0.2, 0.25) is 0 Å². The molecule has 38 heavy (non-hydrogen) atoms. The van der Waals surface area contributed by atoms with Crippen LogP contribution in [0.15, 0.2) is 66.2 Å². The van der Waals surface area contributed by atoms with E-state index in [0.29, 0.717) is 37.8 Å². The molecule has 0 unspecified atom stereocenters. The summed E-state index contributed by atoms with van der Waals surface area (Å²) >= 11 is 7.96. The number of urea groups is 1. The molecule has 0 spiro atoms. The van der Waals surface area contributed by atoms with Crippen molar-refractivity contribution in [1.82, 2.24) is 5.32 Å². The lowest BCUT2D eigenvalue weighted by Crippen LogP contribution is -2.54. The summed E-state index contributed by atoms with van der Waals surface area (Å²) in [5, 5.41) is 11.8. The van der Waals surface area contributed by atoms with Gasteiger partial charge in [-0.1, -0.05) is 23.7 Å². The van der Waals surface area contributed by atoms with Gasteiger partial charge >= 0.3 is 12.0 Å². The van der Waals surface area contributed by atoms with Crippen LogP contribution < -0.4 is 19.7 Å². The summed E-state index contributed by atoms with van der Waals surface area (Å²) in [4.78, 5) is 50.3. The number of halogens is 2. The number of anilines is 1. The largest absolute Gasteiger partial charge is 0.490 e. The van der Waals surface area contributed by atoms with E-state index in [1.165, 1.54) is 42.5 Å². The predicted molar refractivity (Wildman–Crippen MR) is 149 cm³/mol. The maximum Gasteiger partial charge on any atom is 0.335 e. The molecule has 0 saturated carbocycles. The SMILES string of the molecule is CCOc1cc(/C=C2\C(=O)NC(=O)N(c3ccc(Cl)cc3)C2=O)cc(I)c1OCc1cccc(C(=O)O)c1. The number of imide groups is 2. The molecule has 0 radical (unpaired) electrons. The van der Waals surface area contributed by atoms with E-state index in [0.717, 1.165) is 4.90 Å². The Morgan fingerprint density at radius 1 is 1.08 bits per heavy atom. The fourth-order valence-corrected chi connectivity index (χ4v) is 4.58. The monoisotopic (exact) mass is 646 g/mol. The third-order valence-corrected chi connectivity index (χ3v) is 6.44. The number of aromatic carboxylic acids is 1.